The zero-order chi connectivity index (χ0) is 12.0. The molecule has 0 aliphatic carbocycles. The highest BCUT2D eigenvalue weighted by atomic mass is 14.7. The van der Waals surface area contributed by atoms with Crippen LogP contribution in [0.3, 0.4) is 0 Å². The number of aliphatic imine (C=N–C) groups is 1. The van der Waals surface area contributed by atoms with Gasteiger partial charge >= 0.3 is 0 Å². The van der Waals surface area contributed by atoms with Gasteiger partial charge in [-0.05, 0) is 48.9 Å². The van der Waals surface area contributed by atoms with E-state index in [0.29, 0.717) is 0 Å². The van der Waals surface area contributed by atoms with Crippen molar-refractivity contribution < 1.29 is 0 Å². The van der Waals surface area contributed by atoms with Crippen molar-refractivity contribution in [3.8, 4) is 11.8 Å². The normalized spacial score (nSPS) is 10.9. The Morgan fingerprint density at radius 3 is 2.12 bits per heavy atom. The van der Waals surface area contributed by atoms with Crippen molar-refractivity contribution in [2.24, 2.45) is 4.99 Å². The number of aryl methyl sites for hydroxylation is 2. The van der Waals surface area contributed by atoms with Gasteiger partial charge in [0.2, 0.25) is 0 Å². The highest BCUT2D eigenvalue weighted by molar-refractivity contribution is 5.98. The standard InChI is InChI=1S/C15H19N/c1-5-13-9-14(6-2)11-15(10-13)8-7-12(3)16-4/h9-11H,5-6H2,1-4H3/b16-12+. The average Bonchev–Trinajstić information content (AvgIpc) is 2.35. The molecule has 1 aromatic rings. The van der Waals surface area contributed by atoms with Gasteiger partial charge in [0.05, 0.1) is 5.71 Å². The number of nitrogens with zero attached hydrogens (tertiary/aromatic N) is 1. The van der Waals surface area contributed by atoms with Crippen LogP contribution >= 0.6 is 0 Å². The van der Waals surface area contributed by atoms with Gasteiger partial charge in [-0.15, -0.1) is 0 Å². The molecule has 0 N–H and O–H groups in total. The molecule has 1 rings (SSSR count). The summed E-state index contributed by atoms with van der Waals surface area (Å²) < 4.78 is 0. The predicted octanol–water partition coefficient (Wildman–Crippen LogP) is 3.25. The van der Waals surface area contributed by atoms with Crippen molar-refractivity contribution >= 4 is 5.71 Å². The summed E-state index contributed by atoms with van der Waals surface area (Å²) in [5, 5.41) is 0. The van der Waals surface area contributed by atoms with Crippen LogP contribution in [-0.2, 0) is 12.8 Å². The smallest absolute Gasteiger partial charge is 0.0813 e. The van der Waals surface area contributed by atoms with E-state index in [1.54, 1.807) is 7.05 Å². The maximum Gasteiger partial charge on any atom is 0.0813 e. The molecular formula is C15H19N. The number of rotatable bonds is 2. The van der Waals surface area contributed by atoms with Crippen LogP contribution in [-0.4, -0.2) is 12.8 Å². The molecule has 0 saturated carbocycles. The fourth-order valence-corrected chi connectivity index (χ4v) is 1.46. The van der Waals surface area contributed by atoms with Crippen LogP contribution in [0, 0.1) is 11.8 Å². The Kier molecular flexibility index (Phi) is 4.79. The molecule has 0 aromatic heterocycles. The van der Waals surface area contributed by atoms with Gasteiger partial charge < -0.3 is 0 Å². The summed E-state index contributed by atoms with van der Waals surface area (Å²) in [6.45, 7) is 6.27. The van der Waals surface area contributed by atoms with E-state index >= 15 is 0 Å². The molecule has 0 heterocycles. The van der Waals surface area contributed by atoms with E-state index in [9.17, 15) is 0 Å². The van der Waals surface area contributed by atoms with Crippen LogP contribution in [0.5, 0.6) is 0 Å². The second-order valence-corrected chi connectivity index (χ2v) is 3.80. The fraction of sp³-hybridized carbons (Fsp3) is 0.400. The maximum absolute atomic E-state index is 4.03. The molecule has 0 saturated heterocycles. The van der Waals surface area contributed by atoms with Gasteiger partial charge in [-0.2, -0.15) is 0 Å². The van der Waals surface area contributed by atoms with E-state index < -0.39 is 0 Å². The van der Waals surface area contributed by atoms with Gasteiger partial charge in [0.1, 0.15) is 0 Å². The first-order valence-corrected chi connectivity index (χ1v) is 5.77. The first kappa shape index (κ1) is 12.5. The molecule has 0 bridgehead atoms. The van der Waals surface area contributed by atoms with Crippen LogP contribution in [0.2, 0.25) is 0 Å². The topological polar surface area (TPSA) is 12.4 Å². The van der Waals surface area contributed by atoms with Gasteiger partial charge in [-0.3, -0.25) is 4.99 Å². The molecule has 0 radical (unpaired) electrons. The fourth-order valence-electron chi connectivity index (χ4n) is 1.46. The van der Waals surface area contributed by atoms with Crippen molar-refractivity contribution in [1.82, 2.24) is 0 Å². The Labute approximate surface area is 98.6 Å². The highest BCUT2D eigenvalue weighted by Crippen LogP contribution is 2.11. The Morgan fingerprint density at radius 1 is 1.12 bits per heavy atom. The minimum atomic E-state index is 0.875. The zero-order valence-electron chi connectivity index (χ0n) is 10.6. The summed E-state index contributed by atoms with van der Waals surface area (Å²) in [6, 6.07) is 6.58. The first-order chi connectivity index (χ1) is 7.69. The lowest BCUT2D eigenvalue weighted by Gasteiger charge is -2.02. The summed E-state index contributed by atoms with van der Waals surface area (Å²) in [6.07, 6.45) is 2.12. The summed E-state index contributed by atoms with van der Waals surface area (Å²) in [5.74, 6) is 6.22. The zero-order valence-corrected chi connectivity index (χ0v) is 10.6. The summed E-state index contributed by atoms with van der Waals surface area (Å²) in [5.41, 5.74) is 4.68. The van der Waals surface area contributed by atoms with E-state index in [1.165, 1.54) is 11.1 Å². The van der Waals surface area contributed by atoms with Crippen molar-refractivity contribution in [2.75, 3.05) is 7.05 Å². The first-order valence-electron chi connectivity index (χ1n) is 5.77. The molecule has 16 heavy (non-hydrogen) atoms. The Morgan fingerprint density at radius 2 is 1.69 bits per heavy atom. The van der Waals surface area contributed by atoms with E-state index in [-0.39, 0.29) is 0 Å². The Balaban J connectivity index is 3.07. The lowest BCUT2D eigenvalue weighted by molar-refractivity contribution is 1.08. The predicted molar refractivity (Wildman–Crippen MR) is 71.1 cm³/mol. The molecule has 1 nitrogen and oxygen atoms in total. The third-order valence-corrected chi connectivity index (χ3v) is 2.59. The lowest BCUT2D eigenvalue weighted by Crippen LogP contribution is -1.90. The Hall–Kier alpha value is -1.55. The quantitative estimate of drug-likeness (QED) is 0.528. The van der Waals surface area contributed by atoms with Gasteiger partial charge in [0.15, 0.2) is 0 Å². The minimum Gasteiger partial charge on any atom is -0.284 e. The number of hydrogen-bond donors (Lipinski definition) is 0. The average molecular weight is 213 g/mol. The lowest BCUT2D eigenvalue weighted by atomic mass is 10.0. The third kappa shape index (κ3) is 3.55. The molecule has 0 amide bonds. The van der Waals surface area contributed by atoms with Crippen molar-refractivity contribution in [3.63, 3.8) is 0 Å². The van der Waals surface area contributed by atoms with Crippen LogP contribution in [0.15, 0.2) is 23.2 Å². The van der Waals surface area contributed by atoms with E-state index in [1.807, 2.05) is 6.92 Å². The molecule has 0 fully saturated rings. The molecule has 0 unspecified atom stereocenters. The van der Waals surface area contributed by atoms with E-state index in [0.717, 1.165) is 24.1 Å². The number of hydrogen-bond acceptors (Lipinski definition) is 1. The molecule has 0 atom stereocenters. The molecular weight excluding hydrogens is 194 g/mol. The third-order valence-electron chi connectivity index (χ3n) is 2.59. The van der Waals surface area contributed by atoms with Crippen LogP contribution in [0.4, 0.5) is 0 Å². The molecule has 0 aliphatic rings. The molecule has 1 aromatic carbocycles. The van der Waals surface area contributed by atoms with Crippen LogP contribution in [0.25, 0.3) is 0 Å². The van der Waals surface area contributed by atoms with Gasteiger partial charge in [-0.25, -0.2) is 0 Å². The molecule has 1 heteroatoms. The van der Waals surface area contributed by atoms with Gasteiger partial charge in [0.25, 0.3) is 0 Å². The van der Waals surface area contributed by atoms with Crippen molar-refractivity contribution in [2.45, 2.75) is 33.6 Å². The van der Waals surface area contributed by atoms with E-state index in [2.05, 4.69) is 48.9 Å². The summed E-state index contributed by atoms with van der Waals surface area (Å²) >= 11 is 0. The number of benzene rings is 1. The molecule has 84 valence electrons. The molecule has 0 spiro atoms. The van der Waals surface area contributed by atoms with Crippen molar-refractivity contribution in [1.29, 1.82) is 0 Å². The summed E-state index contributed by atoms with van der Waals surface area (Å²) in [7, 11) is 1.77. The second-order valence-electron chi connectivity index (χ2n) is 3.80. The van der Waals surface area contributed by atoms with Gasteiger partial charge in [0, 0.05) is 12.6 Å². The van der Waals surface area contributed by atoms with E-state index in [4.69, 9.17) is 0 Å². The van der Waals surface area contributed by atoms with Gasteiger partial charge in [-0.1, -0.05) is 25.8 Å². The Bertz CT molecular complexity index is 422. The maximum atomic E-state index is 4.03. The largest absolute Gasteiger partial charge is 0.284 e. The van der Waals surface area contributed by atoms with Crippen molar-refractivity contribution in [3.05, 3.63) is 34.9 Å². The highest BCUT2D eigenvalue weighted by Gasteiger charge is 1.96. The molecule has 0 aliphatic heterocycles. The SMILES string of the molecule is CCc1cc(C#C/C(C)=N/C)cc(CC)c1. The van der Waals surface area contributed by atoms with Crippen LogP contribution < -0.4 is 0 Å². The second kappa shape index (κ2) is 6.12. The van der Waals surface area contributed by atoms with Crippen LogP contribution in [0.1, 0.15) is 37.5 Å². The minimum absolute atomic E-state index is 0.875. The summed E-state index contributed by atoms with van der Waals surface area (Å²) in [4.78, 5) is 4.03. The monoisotopic (exact) mass is 213 g/mol.